The van der Waals surface area contributed by atoms with Crippen molar-refractivity contribution in [1.82, 2.24) is 4.90 Å². The lowest BCUT2D eigenvalue weighted by atomic mass is 9.94. The zero-order valence-electron chi connectivity index (χ0n) is 11.4. The molecule has 0 radical (unpaired) electrons. The number of hydrogen-bond donors (Lipinski definition) is 1. The monoisotopic (exact) mass is 259 g/mol. The Morgan fingerprint density at radius 3 is 2.95 bits per heavy atom. The molecule has 0 aromatic heterocycles. The van der Waals surface area contributed by atoms with Gasteiger partial charge in [-0.25, -0.2) is 0 Å². The summed E-state index contributed by atoms with van der Waals surface area (Å²) in [5, 5.41) is 9.96. The molecule has 1 fully saturated rings. The molecule has 1 heterocycles. The van der Waals surface area contributed by atoms with Gasteiger partial charge in [0.2, 0.25) is 5.91 Å². The molecule has 1 saturated heterocycles. The molecule has 1 N–H and O–H groups in total. The number of hydrogen-bond acceptors (Lipinski definition) is 2. The lowest BCUT2D eigenvalue weighted by Gasteiger charge is -2.40. The molecule has 1 aromatic carbocycles. The van der Waals surface area contributed by atoms with Crippen LogP contribution in [-0.2, 0) is 4.79 Å². The summed E-state index contributed by atoms with van der Waals surface area (Å²) in [5.74, 6) is 0.430. The van der Waals surface area contributed by atoms with E-state index in [2.05, 4.69) is 6.58 Å². The van der Waals surface area contributed by atoms with Crippen molar-refractivity contribution >= 4 is 5.91 Å². The first kappa shape index (κ1) is 13.7. The van der Waals surface area contributed by atoms with Gasteiger partial charge in [0, 0.05) is 18.0 Å². The van der Waals surface area contributed by atoms with Gasteiger partial charge in [-0.2, -0.15) is 0 Å². The third-order valence-electron chi connectivity index (χ3n) is 3.85. The Morgan fingerprint density at radius 2 is 2.26 bits per heavy atom. The molecule has 0 aliphatic carbocycles. The van der Waals surface area contributed by atoms with E-state index in [0.29, 0.717) is 6.42 Å². The number of amides is 1. The van der Waals surface area contributed by atoms with Gasteiger partial charge in [0.15, 0.2) is 0 Å². The van der Waals surface area contributed by atoms with Gasteiger partial charge in [0.1, 0.15) is 5.75 Å². The second-order valence-corrected chi connectivity index (χ2v) is 5.11. The maximum absolute atomic E-state index is 12.2. The fourth-order valence-electron chi connectivity index (χ4n) is 2.91. The van der Waals surface area contributed by atoms with E-state index in [1.807, 2.05) is 30.0 Å². The van der Waals surface area contributed by atoms with E-state index >= 15 is 0 Å². The molecule has 1 amide bonds. The van der Waals surface area contributed by atoms with Crippen molar-refractivity contribution < 1.29 is 9.90 Å². The second kappa shape index (κ2) is 5.91. The van der Waals surface area contributed by atoms with Crippen LogP contribution in [0.1, 0.15) is 44.2 Å². The van der Waals surface area contributed by atoms with Crippen LogP contribution < -0.4 is 0 Å². The van der Waals surface area contributed by atoms with Gasteiger partial charge >= 0.3 is 0 Å². The maximum atomic E-state index is 12.2. The highest BCUT2D eigenvalue weighted by Crippen LogP contribution is 2.34. The van der Waals surface area contributed by atoms with Crippen LogP contribution in [0.5, 0.6) is 5.75 Å². The Balaban J connectivity index is 2.28. The molecule has 3 nitrogen and oxygen atoms in total. The van der Waals surface area contributed by atoms with Crippen LogP contribution >= 0.6 is 0 Å². The number of carbonyl (C=O) groups is 1. The third kappa shape index (κ3) is 2.80. The van der Waals surface area contributed by atoms with E-state index < -0.39 is 0 Å². The van der Waals surface area contributed by atoms with E-state index in [1.165, 1.54) is 0 Å². The summed E-state index contributed by atoms with van der Waals surface area (Å²) >= 11 is 0. The molecule has 1 aliphatic rings. The minimum absolute atomic E-state index is 0.0982. The first-order valence-electron chi connectivity index (χ1n) is 6.85. The van der Waals surface area contributed by atoms with Crippen molar-refractivity contribution in [3.05, 3.63) is 42.5 Å². The van der Waals surface area contributed by atoms with Crippen LogP contribution in [0.15, 0.2) is 36.9 Å². The standard InChI is InChI=1S/C16H21NO2/c1-3-7-13-8-6-11-16(19)17(13)12(2)14-9-4-5-10-15(14)18/h3-5,9-10,12-13,18H,1,6-8,11H2,2H3/t12-,13+/m1/s1. The quantitative estimate of drug-likeness (QED) is 0.842. The number of piperidine rings is 1. The van der Waals surface area contributed by atoms with Gasteiger partial charge in [0.05, 0.1) is 6.04 Å². The minimum atomic E-state index is -0.0982. The van der Waals surface area contributed by atoms with Crippen molar-refractivity contribution in [2.45, 2.75) is 44.7 Å². The van der Waals surface area contributed by atoms with Crippen LogP contribution in [0.4, 0.5) is 0 Å². The van der Waals surface area contributed by atoms with Crippen LogP contribution in [0, 0.1) is 0 Å². The van der Waals surface area contributed by atoms with Gasteiger partial charge in [0.25, 0.3) is 0 Å². The first-order chi connectivity index (χ1) is 9.15. The molecule has 0 bridgehead atoms. The van der Waals surface area contributed by atoms with Gasteiger partial charge < -0.3 is 10.0 Å². The van der Waals surface area contributed by atoms with E-state index in [9.17, 15) is 9.90 Å². The molecule has 0 unspecified atom stereocenters. The van der Waals surface area contributed by atoms with Crippen LogP contribution in [0.2, 0.25) is 0 Å². The lowest BCUT2D eigenvalue weighted by Crippen LogP contribution is -2.44. The zero-order valence-corrected chi connectivity index (χ0v) is 11.4. The van der Waals surface area contributed by atoms with Crippen LogP contribution in [0.25, 0.3) is 0 Å². The fraction of sp³-hybridized carbons (Fsp3) is 0.438. The number of benzene rings is 1. The summed E-state index contributed by atoms with van der Waals surface area (Å²) in [6, 6.07) is 7.34. The first-order valence-corrected chi connectivity index (χ1v) is 6.85. The summed E-state index contributed by atoms with van der Waals surface area (Å²) < 4.78 is 0. The van der Waals surface area contributed by atoms with Crippen molar-refractivity contribution in [1.29, 1.82) is 0 Å². The summed E-state index contributed by atoms with van der Waals surface area (Å²) in [6.07, 6.45) is 5.24. The summed E-state index contributed by atoms with van der Waals surface area (Å²) in [6.45, 7) is 5.76. The average Bonchev–Trinajstić information content (AvgIpc) is 2.39. The summed E-state index contributed by atoms with van der Waals surface area (Å²) in [4.78, 5) is 14.1. The van der Waals surface area contributed by atoms with Crippen LogP contribution in [-0.4, -0.2) is 22.0 Å². The molecule has 2 atom stereocenters. The molecule has 19 heavy (non-hydrogen) atoms. The topological polar surface area (TPSA) is 40.5 Å². The lowest BCUT2D eigenvalue weighted by molar-refractivity contribution is -0.139. The Morgan fingerprint density at radius 1 is 1.53 bits per heavy atom. The predicted molar refractivity (Wildman–Crippen MR) is 75.8 cm³/mol. The zero-order chi connectivity index (χ0) is 13.8. The van der Waals surface area contributed by atoms with E-state index in [-0.39, 0.29) is 23.7 Å². The molecular formula is C16H21NO2. The fourth-order valence-corrected chi connectivity index (χ4v) is 2.91. The van der Waals surface area contributed by atoms with E-state index in [4.69, 9.17) is 0 Å². The molecule has 3 heteroatoms. The Labute approximate surface area is 114 Å². The number of likely N-dealkylation sites (tertiary alicyclic amines) is 1. The molecule has 2 rings (SSSR count). The molecule has 0 saturated carbocycles. The molecule has 1 aliphatic heterocycles. The molecule has 0 spiro atoms. The number of rotatable bonds is 4. The smallest absolute Gasteiger partial charge is 0.223 e. The number of aromatic hydroxyl groups is 1. The number of phenolic OH excluding ortho intramolecular Hbond substituents is 1. The van der Waals surface area contributed by atoms with Gasteiger partial charge in [-0.1, -0.05) is 24.3 Å². The predicted octanol–water partition coefficient (Wildman–Crippen LogP) is 3.41. The number of para-hydroxylation sites is 1. The van der Waals surface area contributed by atoms with E-state index in [0.717, 1.165) is 24.8 Å². The third-order valence-corrected chi connectivity index (χ3v) is 3.85. The highest BCUT2D eigenvalue weighted by Gasteiger charge is 2.32. The van der Waals surface area contributed by atoms with Crippen molar-refractivity contribution in [3.63, 3.8) is 0 Å². The Hall–Kier alpha value is -1.77. The van der Waals surface area contributed by atoms with Crippen molar-refractivity contribution in [3.8, 4) is 5.75 Å². The maximum Gasteiger partial charge on any atom is 0.223 e. The second-order valence-electron chi connectivity index (χ2n) is 5.11. The molecule has 1 aromatic rings. The van der Waals surface area contributed by atoms with Gasteiger partial charge in [-0.3, -0.25) is 4.79 Å². The number of nitrogens with zero attached hydrogens (tertiary/aromatic N) is 1. The molecular weight excluding hydrogens is 238 g/mol. The SMILES string of the molecule is C=CC[C@H]1CCCC(=O)N1[C@H](C)c1ccccc1O. The Bertz CT molecular complexity index is 470. The van der Waals surface area contributed by atoms with Gasteiger partial charge in [-0.15, -0.1) is 6.58 Å². The highest BCUT2D eigenvalue weighted by atomic mass is 16.3. The summed E-state index contributed by atoms with van der Waals surface area (Å²) in [7, 11) is 0. The van der Waals surface area contributed by atoms with Crippen molar-refractivity contribution in [2.75, 3.05) is 0 Å². The molecule has 102 valence electrons. The van der Waals surface area contributed by atoms with E-state index in [1.54, 1.807) is 12.1 Å². The normalized spacial score (nSPS) is 21.2. The van der Waals surface area contributed by atoms with Crippen LogP contribution in [0.3, 0.4) is 0 Å². The Kier molecular flexibility index (Phi) is 4.25. The largest absolute Gasteiger partial charge is 0.508 e. The van der Waals surface area contributed by atoms with Crippen molar-refractivity contribution in [2.24, 2.45) is 0 Å². The number of carbonyl (C=O) groups excluding carboxylic acids is 1. The summed E-state index contributed by atoms with van der Waals surface area (Å²) in [5.41, 5.74) is 0.812. The number of phenols is 1. The highest BCUT2D eigenvalue weighted by molar-refractivity contribution is 5.78. The minimum Gasteiger partial charge on any atom is -0.508 e. The average molecular weight is 259 g/mol. The van der Waals surface area contributed by atoms with Gasteiger partial charge in [-0.05, 0) is 32.3 Å².